The van der Waals surface area contributed by atoms with Gasteiger partial charge in [-0.3, -0.25) is 4.79 Å². The van der Waals surface area contributed by atoms with Crippen molar-refractivity contribution < 1.29 is 4.79 Å². The number of thiophene rings is 1. The van der Waals surface area contributed by atoms with Crippen molar-refractivity contribution in [2.24, 2.45) is 0 Å². The molecular weight excluding hydrogens is 319 g/mol. The predicted octanol–water partition coefficient (Wildman–Crippen LogP) is 3.89. The van der Waals surface area contributed by atoms with Crippen molar-refractivity contribution in [3.8, 4) is 0 Å². The normalized spacial score (nSPS) is 10.3. The van der Waals surface area contributed by atoms with E-state index in [0.29, 0.717) is 0 Å². The highest BCUT2D eigenvalue weighted by molar-refractivity contribution is 14.1. The third kappa shape index (κ3) is 2.13. The number of hydrogen-bond acceptors (Lipinski definition) is 2. The molecule has 0 radical (unpaired) electrons. The Morgan fingerprint density at radius 2 is 2.00 bits per heavy atom. The Kier molecular flexibility index (Phi) is 3.21. The second-order valence-corrected chi connectivity index (χ2v) is 5.32. The Bertz CT molecular complexity index is 502. The lowest BCUT2D eigenvalue weighted by Gasteiger charge is -2.02. The zero-order valence-electron chi connectivity index (χ0n) is 8.16. The van der Waals surface area contributed by atoms with Crippen molar-refractivity contribution in [2.45, 2.75) is 6.92 Å². The highest BCUT2D eigenvalue weighted by Crippen LogP contribution is 2.23. The van der Waals surface area contributed by atoms with Gasteiger partial charge in [0.2, 0.25) is 5.78 Å². The van der Waals surface area contributed by atoms with Crippen molar-refractivity contribution in [3.05, 3.63) is 55.3 Å². The molecule has 0 N–H and O–H groups in total. The molecule has 0 spiro atoms. The molecule has 1 aromatic carbocycles. The second-order valence-electron chi connectivity index (χ2n) is 3.24. The standard InChI is InChI=1S/C12H9IOS/c1-8-4-2-3-5-9(8)11(14)12-10(13)6-7-15-12/h2-7H,1H3. The summed E-state index contributed by atoms with van der Waals surface area (Å²) in [6, 6.07) is 9.67. The Morgan fingerprint density at radius 1 is 1.27 bits per heavy atom. The molecule has 1 heterocycles. The summed E-state index contributed by atoms with van der Waals surface area (Å²) in [7, 11) is 0. The van der Waals surface area contributed by atoms with Crippen molar-refractivity contribution >= 4 is 39.7 Å². The maximum atomic E-state index is 12.2. The second kappa shape index (κ2) is 4.45. The molecule has 0 aliphatic rings. The van der Waals surface area contributed by atoms with E-state index in [1.165, 1.54) is 11.3 Å². The van der Waals surface area contributed by atoms with Gasteiger partial charge >= 0.3 is 0 Å². The molecule has 0 unspecified atom stereocenters. The van der Waals surface area contributed by atoms with Crippen LogP contribution in [0.2, 0.25) is 0 Å². The first kappa shape index (κ1) is 10.8. The highest BCUT2D eigenvalue weighted by Gasteiger charge is 2.15. The largest absolute Gasteiger partial charge is 0.288 e. The van der Waals surface area contributed by atoms with Gasteiger partial charge in [-0.25, -0.2) is 0 Å². The molecule has 2 rings (SSSR count). The number of benzene rings is 1. The summed E-state index contributed by atoms with van der Waals surface area (Å²) in [5, 5.41) is 1.95. The maximum absolute atomic E-state index is 12.2. The van der Waals surface area contributed by atoms with Gasteiger partial charge in [0, 0.05) is 9.13 Å². The predicted molar refractivity (Wildman–Crippen MR) is 71.6 cm³/mol. The Hall–Kier alpha value is -0.680. The van der Waals surface area contributed by atoms with Crippen molar-refractivity contribution in [3.63, 3.8) is 0 Å². The number of aryl methyl sites for hydroxylation is 1. The molecule has 15 heavy (non-hydrogen) atoms. The van der Waals surface area contributed by atoms with Gasteiger partial charge in [-0.1, -0.05) is 24.3 Å². The zero-order valence-corrected chi connectivity index (χ0v) is 11.1. The van der Waals surface area contributed by atoms with E-state index in [-0.39, 0.29) is 5.78 Å². The molecule has 0 saturated carbocycles. The third-order valence-electron chi connectivity index (χ3n) is 2.21. The van der Waals surface area contributed by atoms with Gasteiger partial charge in [-0.05, 0) is 46.5 Å². The molecule has 0 saturated heterocycles. The fourth-order valence-electron chi connectivity index (χ4n) is 1.41. The number of halogens is 1. The molecule has 0 aliphatic heterocycles. The lowest BCUT2D eigenvalue weighted by Crippen LogP contribution is -2.02. The number of rotatable bonds is 2. The number of hydrogen-bond donors (Lipinski definition) is 0. The van der Waals surface area contributed by atoms with Crippen LogP contribution in [0, 0.1) is 10.5 Å². The summed E-state index contributed by atoms with van der Waals surface area (Å²) >= 11 is 3.70. The summed E-state index contributed by atoms with van der Waals surface area (Å²) in [6.45, 7) is 1.97. The molecule has 2 aromatic rings. The maximum Gasteiger partial charge on any atom is 0.204 e. The molecule has 0 amide bonds. The van der Waals surface area contributed by atoms with E-state index in [1.807, 2.05) is 42.6 Å². The van der Waals surface area contributed by atoms with Crippen LogP contribution in [-0.4, -0.2) is 5.78 Å². The van der Waals surface area contributed by atoms with E-state index < -0.39 is 0 Å². The summed E-state index contributed by atoms with van der Waals surface area (Å²) < 4.78 is 1.03. The topological polar surface area (TPSA) is 17.1 Å². The average molecular weight is 328 g/mol. The Morgan fingerprint density at radius 3 is 2.60 bits per heavy atom. The number of ketones is 1. The number of carbonyl (C=O) groups is 1. The molecule has 0 bridgehead atoms. The van der Waals surface area contributed by atoms with Crippen LogP contribution in [0.4, 0.5) is 0 Å². The fourth-order valence-corrected chi connectivity index (χ4v) is 3.19. The molecule has 0 atom stereocenters. The monoisotopic (exact) mass is 328 g/mol. The van der Waals surface area contributed by atoms with Gasteiger partial charge in [0.05, 0.1) is 4.88 Å². The van der Waals surface area contributed by atoms with Crippen LogP contribution in [0.5, 0.6) is 0 Å². The highest BCUT2D eigenvalue weighted by atomic mass is 127. The molecule has 0 aliphatic carbocycles. The van der Waals surface area contributed by atoms with Crippen LogP contribution in [-0.2, 0) is 0 Å². The number of carbonyl (C=O) groups excluding carboxylic acids is 1. The van der Waals surface area contributed by atoms with E-state index in [2.05, 4.69) is 22.6 Å². The quantitative estimate of drug-likeness (QED) is 0.604. The van der Waals surface area contributed by atoms with Gasteiger partial charge < -0.3 is 0 Å². The molecular formula is C12H9IOS. The van der Waals surface area contributed by atoms with Crippen LogP contribution < -0.4 is 0 Å². The molecule has 76 valence electrons. The molecule has 1 aromatic heterocycles. The molecule has 0 fully saturated rings. The van der Waals surface area contributed by atoms with Crippen LogP contribution in [0.3, 0.4) is 0 Å². The van der Waals surface area contributed by atoms with E-state index in [4.69, 9.17) is 0 Å². The zero-order chi connectivity index (χ0) is 10.8. The Balaban J connectivity index is 2.46. The summed E-state index contributed by atoms with van der Waals surface area (Å²) in [5.41, 5.74) is 1.84. The van der Waals surface area contributed by atoms with Gasteiger partial charge in [0.25, 0.3) is 0 Å². The van der Waals surface area contributed by atoms with Crippen LogP contribution in [0.15, 0.2) is 35.7 Å². The first-order valence-electron chi connectivity index (χ1n) is 4.53. The Labute approximate surface area is 106 Å². The smallest absolute Gasteiger partial charge is 0.204 e. The van der Waals surface area contributed by atoms with E-state index >= 15 is 0 Å². The third-order valence-corrected chi connectivity index (χ3v) is 4.39. The average Bonchev–Trinajstić information content (AvgIpc) is 2.64. The minimum absolute atomic E-state index is 0.132. The van der Waals surface area contributed by atoms with E-state index in [9.17, 15) is 4.79 Å². The lowest BCUT2D eigenvalue weighted by atomic mass is 10.0. The van der Waals surface area contributed by atoms with Gasteiger partial charge in [-0.2, -0.15) is 0 Å². The summed E-state index contributed by atoms with van der Waals surface area (Å²) in [5.74, 6) is 0.132. The van der Waals surface area contributed by atoms with Gasteiger partial charge in [0.1, 0.15) is 0 Å². The summed E-state index contributed by atoms with van der Waals surface area (Å²) in [6.07, 6.45) is 0. The van der Waals surface area contributed by atoms with Crippen LogP contribution >= 0.6 is 33.9 Å². The minimum Gasteiger partial charge on any atom is -0.288 e. The van der Waals surface area contributed by atoms with Crippen molar-refractivity contribution in [1.82, 2.24) is 0 Å². The fraction of sp³-hybridized carbons (Fsp3) is 0.0833. The van der Waals surface area contributed by atoms with E-state index in [0.717, 1.165) is 19.6 Å². The first-order valence-corrected chi connectivity index (χ1v) is 6.49. The van der Waals surface area contributed by atoms with Gasteiger partial charge in [-0.15, -0.1) is 11.3 Å². The van der Waals surface area contributed by atoms with Crippen molar-refractivity contribution in [2.75, 3.05) is 0 Å². The van der Waals surface area contributed by atoms with E-state index in [1.54, 1.807) is 0 Å². The SMILES string of the molecule is Cc1ccccc1C(=O)c1sccc1I. The first-order chi connectivity index (χ1) is 7.20. The van der Waals surface area contributed by atoms with Gasteiger partial charge in [0.15, 0.2) is 0 Å². The lowest BCUT2D eigenvalue weighted by molar-refractivity contribution is 0.104. The minimum atomic E-state index is 0.132. The van der Waals surface area contributed by atoms with Crippen LogP contribution in [0.25, 0.3) is 0 Å². The van der Waals surface area contributed by atoms with Crippen LogP contribution in [0.1, 0.15) is 20.8 Å². The molecule has 3 heteroatoms. The van der Waals surface area contributed by atoms with Crippen molar-refractivity contribution in [1.29, 1.82) is 0 Å². The summed E-state index contributed by atoms with van der Waals surface area (Å²) in [4.78, 5) is 13.0. The molecule has 1 nitrogen and oxygen atoms in total.